The molecule has 0 fully saturated rings. The maximum Gasteiger partial charge on any atom is 0.337 e. The Morgan fingerprint density at radius 2 is 2.14 bits per heavy atom. The fourth-order valence-corrected chi connectivity index (χ4v) is 2.46. The fraction of sp³-hybridized carbons (Fsp3) is 0.286. The molecular formula is C14H15N3O3S. The molecule has 0 saturated carbocycles. The van der Waals surface area contributed by atoms with Crippen LogP contribution in [-0.4, -0.2) is 25.6 Å². The molecule has 0 aliphatic heterocycles. The van der Waals surface area contributed by atoms with Gasteiger partial charge in [0.05, 0.1) is 5.56 Å². The number of carbonyl (C=O) groups is 1. The molecule has 110 valence electrons. The van der Waals surface area contributed by atoms with Crippen LogP contribution in [0.1, 0.15) is 24.2 Å². The lowest BCUT2D eigenvalue weighted by molar-refractivity contribution is 0.0696. The van der Waals surface area contributed by atoms with E-state index in [2.05, 4.69) is 9.97 Å². The van der Waals surface area contributed by atoms with E-state index < -0.39 is 5.97 Å². The van der Waals surface area contributed by atoms with Crippen LogP contribution in [0.15, 0.2) is 45.6 Å². The maximum absolute atomic E-state index is 12.2. The summed E-state index contributed by atoms with van der Waals surface area (Å²) < 4.78 is 1.62. The van der Waals surface area contributed by atoms with E-state index in [0.717, 1.165) is 11.8 Å². The molecule has 2 heterocycles. The summed E-state index contributed by atoms with van der Waals surface area (Å²) in [6.45, 7) is 4.69. The summed E-state index contributed by atoms with van der Waals surface area (Å²) >= 11 is 1.13. The van der Waals surface area contributed by atoms with Crippen molar-refractivity contribution in [2.24, 2.45) is 5.92 Å². The van der Waals surface area contributed by atoms with Gasteiger partial charge in [-0.3, -0.25) is 4.79 Å². The minimum Gasteiger partial charge on any atom is -0.478 e. The molecule has 0 amide bonds. The van der Waals surface area contributed by atoms with Gasteiger partial charge in [-0.05, 0) is 29.8 Å². The van der Waals surface area contributed by atoms with Crippen molar-refractivity contribution in [2.45, 2.75) is 30.4 Å². The zero-order chi connectivity index (χ0) is 15.4. The smallest absolute Gasteiger partial charge is 0.337 e. The summed E-state index contributed by atoms with van der Waals surface area (Å²) in [5, 5.41) is 9.68. The van der Waals surface area contributed by atoms with Gasteiger partial charge in [-0.2, -0.15) is 0 Å². The van der Waals surface area contributed by atoms with Crippen LogP contribution < -0.4 is 5.56 Å². The highest BCUT2D eigenvalue weighted by Crippen LogP contribution is 2.21. The van der Waals surface area contributed by atoms with Crippen molar-refractivity contribution in [1.29, 1.82) is 0 Å². The van der Waals surface area contributed by atoms with Gasteiger partial charge in [0.15, 0.2) is 5.03 Å². The number of aromatic carboxylic acids is 1. The van der Waals surface area contributed by atoms with E-state index in [9.17, 15) is 9.59 Å². The van der Waals surface area contributed by atoms with Crippen molar-refractivity contribution >= 4 is 17.7 Å². The second kappa shape index (κ2) is 6.53. The molecule has 0 aromatic carbocycles. The largest absolute Gasteiger partial charge is 0.478 e. The van der Waals surface area contributed by atoms with Gasteiger partial charge >= 0.3 is 5.97 Å². The number of carboxylic acids is 1. The number of aromatic nitrogens is 3. The first-order valence-corrected chi connectivity index (χ1v) is 7.21. The molecule has 2 rings (SSSR count). The lowest BCUT2D eigenvalue weighted by Gasteiger charge is -2.09. The molecule has 0 saturated heterocycles. The molecule has 0 aliphatic rings. The van der Waals surface area contributed by atoms with Gasteiger partial charge in [-0.25, -0.2) is 14.8 Å². The number of hydrogen-bond acceptors (Lipinski definition) is 5. The van der Waals surface area contributed by atoms with E-state index in [1.165, 1.54) is 12.3 Å². The van der Waals surface area contributed by atoms with E-state index in [0.29, 0.717) is 22.5 Å². The maximum atomic E-state index is 12.2. The molecule has 0 unspecified atom stereocenters. The number of rotatable bonds is 5. The van der Waals surface area contributed by atoms with Crippen molar-refractivity contribution in [3.63, 3.8) is 0 Å². The first-order chi connectivity index (χ1) is 9.97. The summed E-state index contributed by atoms with van der Waals surface area (Å²) in [5.41, 5.74) is -0.0575. The predicted octanol–water partition coefficient (Wildman–Crippen LogP) is 2.14. The lowest BCUT2D eigenvalue weighted by atomic mass is 10.2. The lowest BCUT2D eigenvalue weighted by Crippen LogP contribution is -2.24. The van der Waals surface area contributed by atoms with Crippen molar-refractivity contribution in [2.75, 3.05) is 0 Å². The molecule has 2 aromatic rings. The first kappa shape index (κ1) is 15.2. The molecule has 7 heteroatoms. The van der Waals surface area contributed by atoms with Crippen LogP contribution in [-0.2, 0) is 6.54 Å². The molecular weight excluding hydrogens is 290 g/mol. The first-order valence-electron chi connectivity index (χ1n) is 6.40. The zero-order valence-electron chi connectivity index (χ0n) is 11.7. The monoisotopic (exact) mass is 305 g/mol. The summed E-state index contributed by atoms with van der Waals surface area (Å²) in [6, 6.07) is 3.02. The average molecular weight is 305 g/mol. The molecule has 6 nitrogen and oxygen atoms in total. The van der Waals surface area contributed by atoms with Gasteiger partial charge in [0.2, 0.25) is 0 Å². The Kier molecular flexibility index (Phi) is 4.74. The highest BCUT2D eigenvalue weighted by molar-refractivity contribution is 7.99. The molecule has 0 bridgehead atoms. The number of carboxylic acid groups (broad SMARTS) is 1. The van der Waals surface area contributed by atoms with Gasteiger partial charge in [0.25, 0.3) is 5.56 Å². The van der Waals surface area contributed by atoms with Crippen molar-refractivity contribution in [3.8, 4) is 0 Å². The van der Waals surface area contributed by atoms with E-state index in [4.69, 9.17) is 5.11 Å². The van der Waals surface area contributed by atoms with Gasteiger partial charge in [-0.1, -0.05) is 13.8 Å². The Morgan fingerprint density at radius 1 is 1.38 bits per heavy atom. The Balaban J connectivity index is 2.23. The molecule has 2 aromatic heterocycles. The molecule has 0 spiro atoms. The summed E-state index contributed by atoms with van der Waals surface area (Å²) in [7, 11) is 0. The Bertz CT molecular complexity index is 695. The molecule has 0 radical (unpaired) electrons. The van der Waals surface area contributed by atoms with Crippen LogP contribution in [0.25, 0.3) is 0 Å². The van der Waals surface area contributed by atoms with Crippen molar-refractivity contribution in [3.05, 3.63) is 46.6 Å². The van der Waals surface area contributed by atoms with Crippen LogP contribution in [0.3, 0.4) is 0 Å². The average Bonchev–Trinajstić information content (AvgIpc) is 2.43. The topological polar surface area (TPSA) is 85.1 Å². The fourth-order valence-electron chi connectivity index (χ4n) is 1.70. The number of hydrogen-bond donors (Lipinski definition) is 1. The summed E-state index contributed by atoms with van der Waals surface area (Å²) in [4.78, 5) is 31.1. The number of pyridine rings is 1. The third-order valence-electron chi connectivity index (χ3n) is 2.63. The minimum atomic E-state index is -1.03. The van der Waals surface area contributed by atoms with Crippen molar-refractivity contribution in [1.82, 2.24) is 14.5 Å². The SMILES string of the molecule is CC(C)Cn1ccnc(Sc2ccc(C(=O)O)cn2)c1=O. The van der Waals surface area contributed by atoms with E-state index in [1.807, 2.05) is 13.8 Å². The third-order valence-corrected chi connectivity index (χ3v) is 3.55. The standard InChI is InChI=1S/C14H15N3O3S/c1-9(2)8-17-6-5-15-12(13(17)18)21-11-4-3-10(7-16-11)14(19)20/h3-7,9H,8H2,1-2H3,(H,19,20). The third kappa shape index (κ3) is 3.91. The highest BCUT2D eigenvalue weighted by atomic mass is 32.2. The minimum absolute atomic E-state index is 0.109. The zero-order valence-corrected chi connectivity index (χ0v) is 12.5. The van der Waals surface area contributed by atoms with Gasteiger partial charge in [-0.15, -0.1) is 0 Å². The van der Waals surface area contributed by atoms with Crippen LogP contribution in [0.4, 0.5) is 0 Å². The Morgan fingerprint density at radius 3 is 2.71 bits per heavy atom. The molecule has 0 aliphatic carbocycles. The van der Waals surface area contributed by atoms with Crippen molar-refractivity contribution < 1.29 is 9.90 Å². The van der Waals surface area contributed by atoms with Gasteiger partial charge in [0, 0.05) is 25.1 Å². The van der Waals surface area contributed by atoms with Crippen LogP contribution in [0.2, 0.25) is 0 Å². The highest BCUT2D eigenvalue weighted by Gasteiger charge is 2.10. The Hall–Kier alpha value is -2.15. The normalized spacial score (nSPS) is 10.8. The second-order valence-corrected chi connectivity index (χ2v) is 5.89. The van der Waals surface area contributed by atoms with Crippen LogP contribution in [0, 0.1) is 5.92 Å². The number of nitrogens with zero attached hydrogens (tertiary/aromatic N) is 3. The quantitative estimate of drug-likeness (QED) is 0.911. The van der Waals surface area contributed by atoms with E-state index >= 15 is 0 Å². The van der Waals surface area contributed by atoms with E-state index in [-0.39, 0.29) is 11.1 Å². The molecule has 21 heavy (non-hydrogen) atoms. The Labute approximate surface area is 125 Å². The summed E-state index contributed by atoms with van der Waals surface area (Å²) in [5.74, 6) is -0.674. The van der Waals surface area contributed by atoms with Gasteiger partial charge in [0.1, 0.15) is 5.03 Å². The van der Waals surface area contributed by atoms with Crippen LogP contribution >= 0.6 is 11.8 Å². The second-order valence-electron chi connectivity index (χ2n) is 4.88. The molecule has 1 N–H and O–H groups in total. The summed E-state index contributed by atoms with van der Waals surface area (Å²) in [6.07, 6.45) is 4.51. The van der Waals surface area contributed by atoms with Gasteiger partial charge < -0.3 is 9.67 Å². The molecule has 0 atom stereocenters. The predicted molar refractivity (Wildman–Crippen MR) is 78.7 cm³/mol. The van der Waals surface area contributed by atoms with Crippen LogP contribution in [0.5, 0.6) is 0 Å². The van der Waals surface area contributed by atoms with E-state index in [1.54, 1.807) is 23.0 Å².